The number of amides is 1. The summed E-state index contributed by atoms with van der Waals surface area (Å²) < 4.78 is 1.44. The van der Waals surface area contributed by atoms with Crippen LogP contribution < -0.4 is 15.9 Å². The van der Waals surface area contributed by atoms with Gasteiger partial charge in [0.1, 0.15) is 6.54 Å². The molecule has 94 valence electrons. The van der Waals surface area contributed by atoms with Gasteiger partial charge in [-0.1, -0.05) is 17.4 Å². The molecule has 5 nitrogen and oxygen atoms in total. The van der Waals surface area contributed by atoms with Crippen molar-refractivity contribution in [3.8, 4) is 0 Å². The Hall–Kier alpha value is -2.08. The van der Waals surface area contributed by atoms with E-state index in [2.05, 4.69) is 5.32 Å². The summed E-state index contributed by atoms with van der Waals surface area (Å²) in [7, 11) is 0. The molecular formula is C12H13N3O2S. The molecule has 0 unspecified atom stereocenters. The van der Waals surface area contributed by atoms with Crippen molar-refractivity contribution in [3.63, 3.8) is 0 Å². The Labute approximate surface area is 108 Å². The van der Waals surface area contributed by atoms with Crippen LogP contribution in [0.3, 0.4) is 0 Å². The van der Waals surface area contributed by atoms with Crippen molar-refractivity contribution >= 4 is 28.6 Å². The number of nitrogens with two attached hydrogens (primary N) is 1. The van der Waals surface area contributed by atoms with E-state index in [0.717, 1.165) is 17.0 Å². The smallest absolute Gasteiger partial charge is 0.307 e. The highest BCUT2D eigenvalue weighted by molar-refractivity contribution is 7.07. The zero-order chi connectivity index (χ0) is 13.1. The number of carbonyl (C=O) groups is 1. The summed E-state index contributed by atoms with van der Waals surface area (Å²) in [6.07, 6.45) is 0. The molecule has 0 bridgehead atoms. The monoisotopic (exact) mass is 263 g/mol. The van der Waals surface area contributed by atoms with E-state index in [-0.39, 0.29) is 17.3 Å². The zero-order valence-corrected chi connectivity index (χ0v) is 10.7. The number of nitrogen functional groups attached to an aromatic ring is 1. The molecule has 0 saturated carbocycles. The highest BCUT2D eigenvalue weighted by atomic mass is 32.1. The molecule has 0 spiro atoms. The molecule has 1 heterocycles. The average Bonchev–Trinajstić information content (AvgIpc) is 2.61. The van der Waals surface area contributed by atoms with E-state index in [0.29, 0.717) is 11.4 Å². The molecule has 0 atom stereocenters. The zero-order valence-electron chi connectivity index (χ0n) is 9.84. The van der Waals surface area contributed by atoms with E-state index in [4.69, 9.17) is 5.73 Å². The number of nitrogens with one attached hydrogen (secondary N) is 1. The number of thiazole rings is 1. The Morgan fingerprint density at radius 2 is 2.28 bits per heavy atom. The summed E-state index contributed by atoms with van der Waals surface area (Å²) in [4.78, 5) is 23.1. The molecule has 2 rings (SSSR count). The second-order valence-electron chi connectivity index (χ2n) is 3.90. The second-order valence-corrected chi connectivity index (χ2v) is 4.72. The molecule has 1 amide bonds. The molecule has 0 aliphatic heterocycles. The molecule has 1 aromatic heterocycles. The van der Waals surface area contributed by atoms with Gasteiger partial charge in [0, 0.05) is 22.4 Å². The fourth-order valence-corrected chi connectivity index (χ4v) is 2.29. The summed E-state index contributed by atoms with van der Waals surface area (Å²) in [6, 6.07) is 6.91. The first kappa shape index (κ1) is 12.4. The number of benzene rings is 1. The Balaban J connectivity index is 2.08. The van der Waals surface area contributed by atoms with E-state index in [9.17, 15) is 9.59 Å². The summed E-state index contributed by atoms with van der Waals surface area (Å²) >= 11 is 1.09. The van der Waals surface area contributed by atoms with Crippen LogP contribution in [0.2, 0.25) is 0 Å². The lowest BCUT2D eigenvalue weighted by atomic mass is 10.3. The van der Waals surface area contributed by atoms with E-state index in [1.807, 2.05) is 0 Å². The third kappa shape index (κ3) is 2.78. The van der Waals surface area contributed by atoms with Crippen LogP contribution in [0.4, 0.5) is 11.4 Å². The van der Waals surface area contributed by atoms with Crippen molar-refractivity contribution in [2.45, 2.75) is 13.5 Å². The van der Waals surface area contributed by atoms with E-state index in [1.54, 1.807) is 36.6 Å². The fraction of sp³-hybridized carbons (Fsp3) is 0.167. The maximum Gasteiger partial charge on any atom is 0.307 e. The third-order valence-electron chi connectivity index (χ3n) is 2.45. The van der Waals surface area contributed by atoms with Crippen LogP contribution in [0.15, 0.2) is 34.4 Å². The molecule has 18 heavy (non-hydrogen) atoms. The minimum atomic E-state index is -0.246. The lowest BCUT2D eigenvalue weighted by Crippen LogP contribution is -2.25. The largest absolute Gasteiger partial charge is 0.399 e. The van der Waals surface area contributed by atoms with Crippen molar-refractivity contribution in [1.82, 2.24) is 4.57 Å². The van der Waals surface area contributed by atoms with Gasteiger partial charge in [-0.05, 0) is 25.1 Å². The molecule has 0 aliphatic carbocycles. The summed E-state index contributed by atoms with van der Waals surface area (Å²) in [5.41, 5.74) is 7.60. The fourth-order valence-electron chi connectivity index (χ4n) is 1.56. The molecule has 2 aromatic rings. The predicted molar refractivity (Wildman–Crippen MR) is 72.8 cm³/mol. The second kappa shape index (κ2) is 5.05. The van der Waals surface area contributed by atoms with Gasteiger partial charge < -0.3 is 11.1 Å². The molecule has 0 radical (unpaired) electrons. The Morgan fingerprint density at radius 1 is 1.50 bits per heavy atom. The maximum atomic E-state index is 11.8. The summed E-state index contributed by atoms with van der Waals surface area (Å²) in [6.45, 7) is 1.81. The van der Waals surface area contributed by atoms with E-state index < -0.39 is 0 Å². The topological polar surface area (TPSA) is 77.1 Å². The summed E-state index contributed by atoms with van der Waals surface area (Å²) in [5.74, 6) is -0.246. The number of rotatable bonds is 3. The Bertz CT molecular complexity index is 630. The number of carbonyl (C=O) groups excluding carboxylic acids is 1. The minimum absolute atomic E-state index is 0.0168. The molecule has 0 fully saturated rings. The molecule has 3 N–H and O–H groups in total. The molecule has 1 aromatic carbocycles. The number of anilines is 2. The van der Waals surface area contributed by atoms with E-state index in [1.165, 1.54) is 4.57 Å². The first-order valence-electron chi connectivity index (χ1n) is 5.36. The van der Waals surface area contributed by atoms with E-state index >= 15 is 0 Å². The van der Waals surface area contributed by atoms with Crippen LogP contribution >= 0.6 is 11.3 Å². The lowest BCUT2D eigenvalue weighted by molar-refractivity contribution is -0.116. The molecule has 0 aliphatic rings. The number of nitrogens with zero attached hydrogens (tertiary/aromatic N) is 1. The standard InChI is InChI=1S/C12H13N3O2S/c1-8-7-18-12(17)15(8)6-11(16)14-10-4-2-3-9(13)5-10/h2-5,7H,6,13H2,1H3,(H,14,16). The highest BCUT2D eigenvalue weighted by Gasteiger charge is 2.08. The van der Waals surface area contributed by atoms with Gasteiger partial charge in [0.15, 0.2) is 0 Å². The lowest BCUT2D eigenvalue weighted by Gasteiger charge is -2.07. The summed E-state index contributed by atoms with van der Waals surface area (Å²) in [5, 5.41) is 4.43. The van der Waals surface area contributed by atoms with Crippen LogP contribution in [0.1, 0.15) is 5.69 Å². The van der Waals surface area contributed by atoms with Gasteiger partial charge in [-0.2, -0.15) is 0 Å². The van der Waals surface area contributed by atoms with Crippen molar-refractivity contribution in [2.24, 2.45) is 0 Å². The number of aryl methyl sites for hydroxylation is 1. The number of aromatic nitrogens is 1. The van der Waals surface area contributed by atoms with Gasteiger partial charge in [-0.25, -0.2) is 0 Å². The van der Waals surface area contributed by atoms with Crippen molar-refractivity contribution < 1.29 is 4.79 Å². The third-order valence-corrected chi connectivity index (χ3v) is 3.33. The van der Waals surface area contributed by atoms with Gasteiger partial charge in [-0.15, -0.1) is 0 Å². The van der Waals surface area contributed by atoms with Gasteiger partial charge in [-0.3, -0.25) is 14.2 Å². The Morgan fingerprint density at radius 3 is 2.89 bits per heavy atom. The van der Waals surface area contributed by atoms with Crippen LogP contribution in [0.25, 0.3) is 0 Å². The normalized spacial score (nSPS) is 10.3. The van der Waals surface area contributed by atoms with Crippen molar-refractivity contribution in [1.29, 1.82) is 0 Å². The van der Waals surface area contributed by atoms with Crippen LogP contribution in [-0.4, -0.2) is 10.5 Å². The molecule has 0 saturated heterocycles. The Kier molecular flexibility index (Phi) is 3.47. The van der Waals surface area contributed by atoms with Gasteiger partial charge in [0.25, 0.3) is 0 Å². The number of hydrogen-bond donors (Lipinski definition) is 2. The van der Waals surface area contributed by atoms with Gasteiger partial charge in [0.2, 0.25) is 5.91 Å². The minimum Gasteiger partial charge on any atom is -0.399 e. The van der Waals surface area contributed by atoms with Crippen LogP contribution in [-0.2, 0) is 11.3 Å². The van der Waals surface area contributed by atoms with Crippen LogP contribution in [0.5, 0.6) is 0 Å². The maximum absolute atomic E-state index is 11.8. The average molecular weight is 263 g/mol. The van der Waals surface area contributed by atoms with Gasteiger partial charge in [0.05, 0.1) is 0 Å². The first-order valence-corrected chi connectivity index (χ1v) is 6.24. The highest BCUT2D eigenvalue weighted by Crippen LogP contribution is 2.11. The molecule has 6 heteroatoms. The van der Waals surface area contributed by atoms with Gasteiger partial charge >= 0.3 is 4.87 Å². The first-order chi connectivity index (χ1) is 8.56. The predicted octanol–water partition coefficient (Wildman–Crippen LogP) is 1.44. The van der Waals surface area contributed by atoms with Crippen molar-refractivity contribution in [2.75, 3.05) is 11.1 Å². The number of hydrogen-bond acceptors (Lipinski definition) is 4. The quantitative estimate of drug-likeness (QED) is 0.823. The molecular weight excluding hydrogens is 250 g/mol. The van der Waals surface area contributed by atoms with Crippen molar-refractivity contribution in [3.05, 3.63) is 45.0 Å². The SMILES string of the molecule is Cc1csc(=O)n1CC(=O)Nc1cccc(N)c1. The van der Waals surface area contributed by atoms with Crippen LogP contribution in [0, 0.1) is 6.92 Å².